The second kappa shape index (κ2) is 7.75. The summed E-state index contributed by atoms with van der Waals surface area (Å²) in [6.45, 7) is 10.7. The summed E-state index contributed by atoms with van der Waals surface area (Å²) in [6.07, 6.45) is 0.733. The average Bonchev–Trinajstić information content (AvgIpc) is 2.67. The van der Waals surface area contributed by atoms with E-state index in [9.17, 15) is 4.79 Å². The van der Waals surface area contributed by atoms with Crippen molar-refractivity contribution in [3.05, 3.63) is 95.6 Å². The summed E-state index contributed by atoms with van der Waals surface area (Å²) in [4.78, 5) is 13.1. The molecule has 0 aliphatic carbocycles. The van der Waals surface area contributed by atoms with Gasteiger partial charge in [-0.05, 0) is 34.1 Å². The third kappa shape index (κ3) is 4.59. The van der Waals surface area contributed by atoms with Crippen molar-refractivity contribution in [2.45, 2.75) is 46.5 Å². The first kappa shape index (κ1) is 20.1. The molecule has 0 aliphatic rings. The minimum absolute atomic E-state index is 0.143. The van der Waals surface area contributed by atoms with Crippen molar-refractivity contribution >= 4 is 5.78 Å². The molecule has 0 spiro atoms. The van der Waals surface area contributed by atoms with Gasteiger partial charge in [-0.3, -0.25) is 4.79 Å². The monoisotopic (exact) mass is 370 g/mol. The predicted molar refractivity (Wildman–Crippen MR) is 119 cm³/mol. The van der Waals surface area contributed by atoms with Crippen molar-refractivity contribution < 1.29 is 4.79 Å². The van der Waals surface area contributed by atoms with Gasteiger partial charge < -0.3 is 0 Å². The third-order valence-corrected chi connectivity index (χ3v) is 5.33. The lowest BCUT2D eigenvalue weighted by Gasteiger charge is -2.24. The number of carbonyl (C=O) groups is 1. The van der Waals surface area contributed by atoms with Crippen LogP contribution in [0.4, 0.5) is 0 Å². The largest absolute Gasteiger partial charge is 0.294 e. The first-order valence-electron chi connectivity index (χ1n) is 9.96. The fourth-order valence-electron chi connectivity index (χ4n) is 3.55. The Labute approximate surface area is 169 Å². The Hall–Kier alpha value is -2.67. The molecule has 0 fully saturated rings. The lowest BCUT2D eigenvalue weighted by molar-refractivity contribution is 0.0837. The molecule has 0 heterocycles. The number of rotatable bonds is 5. The van der Waals surface area contributed by atoms with Crippen LogP contribution in [0.2, 0.25) is 0 Å². The van der Waals surface area contributed by atoms with Crippen molar-refractivity contribution in [3.8, 4) is 11.1 Å². The molecule has 0 amide bonds. The highest BCUT2D eigenvalue weighted by Gasteiger charge is 2.29. The van der Waals surface area contributed by atoms with E-state index in [1.54, 1.807) is 0 Å². The molecule has 3 aromatic rings. The molecule has 0 aliphatic heterocycles. The van der Waals surface area contributed by atoms with E-state index in [1.807, 2.05) is 56.3 Å². The summed E-state index contributed by atoms with van der Waals surface area (Å²) in [5, 5.41) is 0. The summed E-state index contributed by atoms with van der Waals surface area (Å²) in [7, 11) is 0. The normalized spacial score (nSPS) is 12.0. The molecule has 1 heteroatoms. The number of carbonyl (C=O) groups excluding carboxylic acids is 1. The Kier molecular flexibility index (Phi) is 5.56. The Balaban J connectivity index is 1.75. The molecular formula is C27H30O. The molecule has 3 rings (SSSR count). The van der Waals surface area contributed by atoms with E-state index in [0.717, 1.165) is 17.5 Å². The van der Waals surface area contributed by atoms with Crippen molar-refractivity contribution in [2.24, 2.45) is 5.41 Å². The van der Waals surface area contributed by atoms with E-state index in [0.29, 0.717) is 0 Å². The van der Waals surface area contributed by atoms with Gasteiger partial charge in [0, 0.05) is 11.0 Å². The number of hydrogen-bond donors (Lipinski definition) is 0. The Morgan fingerprint density at radius 2 is 1.21 bits per heavy atom. The summed E-state index contributed by atoms with van der Waals surface area (Å²) < 4.78 is 0. The predicted octanol–water partition coefficient (Wildman–Crippen LogP) is 7.10. The van der Waals surface area contributed by atoms with Crippen LogP contribution in [-0.4, -0.2) is 5.78 Å². The number of hydrogen-bond acceptors (Lipinski definition) is 1. The molecule has 0 saturated carbocycles. The van der Waals surface area contributed by atoms with Crippen molar-refractivity contribution in [2.75, 3.05) is 0 Å². The molecular weight excluding hydrogens is 340 g/mol. The lowest BCUT2D eigenvalue weighted by Crippen LogP contribution is -2.27. The maximum absolute atomic E-state index is 13.1. The molecule has 0 saturated heterocycles. The SMILES string of the molecule is CC(C)(Cc1ccc(C(C)(C)C)cc1)C(=O)c1ccc(-c2ccccc2)cc1. The fourth-order valence-corrected chi connectivity index (χ4v) is 3.55. The molecule has 28 heavy (non-hydrogen) atoms. The van der Waals surface area contributed by atoms with Gasteiger partial charge >= 0.3 is 0 Å². The maximum Gasteiger partial charge on any atom is 0.168 e. The maximum atomic E-state index is 13.1. The molecule has 1 nitrogen and oxygen atoms in total. The van der Waals surface area contributed by atoms with Crippen LogP contribution in [-0.2, 0) is 11.8 Å². The smallest absolute Gasteiger partial charge is 0.168 e. The summed E-state index contributed by atoms with van der Waals surface area (Å²) in [5.41, 5.74) is 5.29. The van der Waals surface area contributed by atoms with Gasteiger partial charge in [0.15, 0.2) is 5.78 Å². The Morgan fingerprint density at radius 3 is 1.75 bits per heavy atom. The highest BCUT2D eigenvalue weighted by molar-refractivity contribution is 6.00. The van der Waals surface area contributed by atoms with Crippen molar-refractivity contribution in [1.82, 2.24) is 0 Å². The summed E-state index contributed by atoms with van der Waals surface area (Å²) in [5.74, 6) is 0.187. The lowest BCUT2D eigenvalue weighted by atomic mass is 9.78. The van der Waals surface area contributed by atoms with E-state index in [1.165, 1.54) is 16.7 Å². The molecule has 0 unspecified atom stereocenters. The van der Waals surface area contributed by atoms with Crippen LogP contribution in [0.25, 0.3) is 11.1 Å². The molecule has 0 N–H and O–H groups in total. The van der Waals surface area contributed by atoms with Crippen LogP contribution in [0.5, 0.6) is 0 Å². The molecule has 144 valence electrons. The molecule has 0 bridgehead atoms. The van der Waals surface area contributed by atoms with Crippen LogP contribution in [0, 0.1) is 5.41 Å². The van der Waals surface area contributed by atoms with Crippen molar-refractivity contribution in [1.29, 1.82) is 0 Å². The van der Waals surface area contributed by atoms with Gasteiger partial charge in [-0.2, -0.15) is 0 Å². The van der Waals surface area contributed by atoms with Gasteiger partial charge in [0.1, 0.15) is 0 Å². The zero-order chi connectivity index (χ0) is 20.4. The molecule has 0 atom stereocenters. The fraction of sp³-hybridized carbons (Fsp3) is 0.296. The van der Waals surface area contributed by atoms with E-state index in [-0.39, 0.29) is 11.2 Å². The first-order valence-corrected chi connectivity index (χ1v) is 9.96. The van der Waals surface area contributed by atoms with Crippen LogP contribution < -0.4 is 0 Å². The average molecular weight is 371 g/mol. The van der Waals surface area contributed by atoms with Crippen LogP contribution >= 0.6 is 0 Å². The van der Waals surface area contributed by atoms with Gasteiger partial charge in [0.05, 0.1) is 0 Å². The zero-order valence-corrected chi connectivity index (χ0v) is 17.6. The standard InChI is InChI=1S/C27H30O/c1-26(2,3)24-17-11-20(12-18-24)19-27(4,5)25(28)23-15-13-22(14-16-23)21-9-7-6-8-10-21/h6-18H,19H2,1-5H3. The van der Waals surface area contributed by atoms with Crippen LogP contribution in [0.3, 0.4) is 0 Å². The summed E-state index contributed by atoms with van der Waals surface area (Å²) in [6, 6.07) is 26.9. The van der Waals surface area contributed by atoms with Gasteiger partial charge in [0.25, 0.3) is 0 Å². The van der Waals surface area contributed by atoms with E-state index < -0.39 is 5.41 Å². The number of Topliss-reactive ketones (excluding diaryl/α,β-unsaturated/α-hetero) is 1. The zero-order valence-electron chi connectivity index (χ0n) is 17.6. The second-order valence-corrected chi connectivity index (χ2v) is 9.28. The highest BCUT2D eigenvalue weighted by atomic mass is 16.1. The van der Waals surface area contributed by atoms with Gasteiger partial charge in [-0.25, -0.2) is 0 Å². The number of benzene rings is 3. The number of ketones is 1. The first-order chi connectivity index (χ1) is 13.2. The Morgan fingerprint density at radius 1 is 0.679 bits per heavy atom. The minimum atomic E-state index is -0.447. The van der Waals surface area contributed by atoms with Gasteiger partial charge in [-0.15, -0.1) is 0 Å². The minimum Gasteiger partial charge on any atom is -0.294 e. The molecule has 0 radical (unpaired) electrons. The van der Waals surface area contributed by atoms with E-state index in [2.05, 4.69) is 57.2 Å². The Bertz CT molecular complexity index is 924. The topological polar surface area (TPSA) is 17.1 Å². The third-order valence-electron chi connectivity index (χ3n) is 5.33. The molecule has 3 aromatic carbocycles. The van der Waals surface area contributed by atoms with Crippen LogP contribution in [0.15, 0.2) is 78.9 Å². The quantitative estimate of drug-likeness (QED) is 0.438. The second-order valence-electron chi connectivity index (χ2n) is 9.28. The van der Waals surface area contributed by atoms with Crippen molar-refractivity contribution in [3.63, 3.8) is 0 Å². The van der Waals surface area contributed by atoms with Gasteiger partial charge in [-0.1, -0.05) is 113 Å². The highest BCUT2D eigenvalue weighted by Crippen LogP contribution is 2.30. The van der Waals surface area contributed by atoms with Crippen LogP contribution in [0.1, 0.15) is 56.1 Å². The van der Waals surface area contributed by atoms with E-state index in [4.69, 9.17) is 0 Å². The van der Waals surface area contributed by atoms with E-state index >= 15 is 0 Å². The molecule has 0 aromatic heterocycles. The van der Waals surface area contributed by atoms with Gasteiger partial charge in [0.2, 0.25) is 0 Å². The summed E-state index contributed by atoms with van der Waals surface area (Å²) >= 11 is 0.